The average molecular weight is 395 g/mol. The monoisotopic (exact) mass is 394 g/mol. The normalized spacial score (nSPS) is 14.1. The lowest BCUT2D eigenvalue weighted by Gasteiger charge is -2.26. The van der Waals surface area contributed by atoms with Crippen LogP contribution in [-0.4, -0.2) is 47.0 Å². The van der Waals surface area contributed by atoms with Gasteiger partial charge in [-0.25, -0.2) is 0 Å². The summed E-state index contributed by atoms with van der Waals surface area (Å²) in [7, 11) is 0. The predicted octanol–water partition coefficient (Wildman–Crippen LogP) is 2.68. The summed E-state index contributed by atoms with van der Waals surface area (Å²) in [6.45, 7) is 3.27. The number of nitrogens with two attached hydrogens (primary N) is 1. The van der Waals surface area contributed by atoms with Crippen molar-refractivity contribution in [2.75, 3.05) is 26.2 Å². The molecule has 25 heavy (non-hydrogen) atoms. The number of ether oxygens (including phenoxy) is 1. The van der Waals surface area contributed by atoms with Crippen molar-refractivity contribution < 1.29 is 14.8 Å². The number of amidine groups is 1. The maximum Gasteiger partial charge on any atom is 0.314 e. The number of likely N-dealkylation sites (tertiary alicyclic amines) is 1. The molecule has 1 saturated heterocycles. The lowest BCUT2D eigenvalue weighted by Crippen LogP contribution is -2.31. The van der Waals surface area contributed by atoms with Crippen LogP contribution in [0.1, 0.15) is 31.2 Å². The third-order valence-electron chi connectivity index (χ3n) is 3.91. The molecule has 1 heterocycles. The van der Waals surface area contributed by atoms with Gasteiger partial charge in [0.1, 0.15) is 5.84 Å². The summed E-state index contributed by atoms with van der Waals surface area (Å²) in [4.78, 5) is 12.8. The van der Waals surface area contributed by atoms with E-state index in [-0.39, 0.29) is 54.3 Å². The van der Waals surface area contributed by atoms with Gasteiger partial charge in [0.25, 0.3) is 0 Å². The topological polar surface area (TPSA) is 126 Å². The van der Waals surface area contributed by atoms with Crippen molar-refractivity contribution in [1.29, 1.82) is 5.41 Å². The fourth-order valence-electron chi connectivity index (χ4n) is 2.71. The van der Waals surface area contributed by atoms with Crippen LogP contribution in [0.3, 0.4) is 0 Å². The van der Waals surface area contributed by atoms with Crippen molar-refractivity contribution in [3.63, 3.8) is 0 Å². The zero-order chi connectivity index (χ0) is 16.8. The highest BCUT2D eigenvalue weighted by atomic mass is 35.5. The van der Waals surface area contributed by atoms with Crippen molar-refractivity contribution in [1.82, 2.24) is 4.90 Å². The van der Waals surface area contributed by atoms with Gasteiger partial charge in [-0.1, -0.05) is 6.42 Å². The minimum Gasteiger partial charge on any atom is -0.504 e. The molecule has 0 atom stereocenters. The summed E-state index contributed by atoms with van der Waals surface area (Å²) in [6.07, 6.45) is 4.38. The maximum atomic E-state index is 11.1. The van der Waals surface area contributed by atoms with Crippen LogP contribution in [0, 0.1) is 15.5 Å². The summed E-state index contributed by atoms with van der Waals surface area (Å²) in [5, 5.41) is 28.5. The van der Waals surface area contributed by atoms with Gasteiger partial charge in [-0.2, -0.15) is 0 Å². The molecule has 1 fully saturated rings. The molecule has 0 bridgehead atoms. The Kier molecular flexibility index (Phi) is 10.2. The average Bonchev–Trinajstić information content (AvgIpc) is 2.53. The van der Waals surface area contributed by atoms with E-state index in [9.17, 15) is 15.2 Å². The number of nitro benzene ring substituents is 1. The molecule has 0 spiro atoms. The van der Waals surface area contributed by atoms with E-state index in [4.69, 9.17) is 15.9 Å². The van der Waals surface area contributed by atoms with Crippen LogP contribution in [0.4, 0.5) is 5.69 Å². The lowest BCUT2D eigenvalue weighted by molar-refractivity contribution is -0.386. The molecule has 0 amide bonds. The SMILES string of the molecule is Cl.Cl.N=C(N)c1ccc([N+](=O)[O-])c(OCCCN2CCCCC2)c1O. The molecule has 0 aromatic heterocycles. The number of piperidine rings is 1. The Bertz CT molecular complexity index is 595. The van der Waals surface area contributed by atoms with Crippen molar-refractivity contribution in [3.8, 4) is 11.5 Å². The predicted molar refractivity (Wildman–Crippen MR) is 101 cm³/mol. The van der Waals surface area contributed by atoms with Crippen LogP contribution in [-0.2, 0) is 0 Å². The first-order valence-electron chi connectivity index (χ1n) is 7.70. The number of hydrogen-bond donors (Lipinski definition) is 3. The molecule has 2 rings (SSSR count). The molecule has 0 radical (unpaired) electrons. The van der Waals surface area contributed by atoms with Crippen LogP contribution >= 0.6 is 24.8 Å². The van der Waals surface area contributed by atoms with E-state index < -0.39 is 10.7 Å². The lowest BCUT2D eigenvalue weighted by atomic mass is 10.1. The van der Waals surface area contributed by atoms with E-state index in [1.165, 1.54) is 31.4 Å². The quantitative estimate of drug-likeness (QED) is 0.214. The standard InChI is InChI=1S/C15H22N4O4.2ClH/c16-15(17)11-5-6-12(19(21)22)14(13(11)20)23-10-4-9-18-7-2-1-3-8-18;;/h5-6,20H,1-4,7-10H2,(H3,16,17);2*1H. The van der Waals surface area contributed by atoms with E-state index in [0.717, 1.165) is 19.6 Å². The second-order valence-corrected chi connectivity index (χ2v) is 5.59. The van der Waals surface area contributed by atoms with Crippen LogP contribution in [0.2, 0.25) is 0 Å². The number of hydrogen-bond acceptors (Lipinski definition) is 6. The minimum absolute atomic E-state index is 0. The molecule has 4 N–H and O–H groups in total. The van der Waals surface area contributed by atoms with Gasteiger partial charge in [0.2, 0.25) is 5.75 Å². The number of benzene rings is 1. The smallest absolute Gasteiger partial charge is 0.314 e. The fourth-order valence-corrected chi connectivity index (χ4v) is 2.71. The minimum atomic E-state index is -0.621. The Morgan fingerprint density at radius 1 is 1.32 bits per heavy atom. The molecule has 10 heteroatoms. The van der Waals surface area contributed by atoms with Crippen molar-refractivity contribution in [2.45, 2.75) is 25.7 Å². The Morgan fingerprint density at radius 3 is 2.52 bits per heavy atom. The summed E-state index contributed by atoms with van der Waals surface area (Å²) in [5.41, 5.74) is 5.05. The van der Waals surface area contributed by atoms with E-state index in [2.05, 4.69) is 4.90 Å². The number of aromatic hydroxyl groups is 1. The first-order chi connectivity index (χ1) is 11.0. The molecular formula is C15H24Cl2N4O4. The Morgan fingerprint density at radius 2 is 1.96 bits per heavy atom. The zero-order valence-corrected chi connectivity index (χ0v) is 15.4. The van der Waals surface area contributed by atoms with Gasteiger partial charge >= 0.3 is 5.69 Å². The molecule has 8 nitrogen and oxygen atoms in total. The van der Waals surface area contributed by atoms with Gasteiger partial charge in [0.05, 0.1) is 17.1 Å². The van der Waals surface area contributed by atoms with Crippen molar-refractivity contribution in [2.24, 2.45) is 5.73 Å². The highest BCUT2D eigenvalue weighted by molar-refractivity contribution is 5.99. The van der Waals surface area contributed by atoms with E-state index in [1.807, 2.05) is 0 Å². The first kappa shape index (κ1) is 23.2. The van der Waals surface area contributed by atoms with Crippen LogP contribution < -0.4 is 10.5 Å². The van der Waals surface area contributed by atoms with Gasteiger partial charge in [-0.3, -0.25) is 15.5 Å². The van der Waals surface area contributed by atoms with Crippen LogP contribution in [0.5, 0.6) is 11.5 Å². The molecule has 0 aliphatic carbocycles. The van der Waals surface area contributed by atoms with Gasteiger partial charge in [0, 0.05) is 12.6 Å². The number of nitrogen functional groups attached to an aromatic ring is 1. The number of nitro groups is 1. The number of phenolic OH excluding ortho intramolecular Hbond substituents is 1. The van der Waals surface area contributed by atoms with Gasteiger partial charge in [-0.15, -0.1) is 24.8 Å². The number of nitrogens with zero attached hydrogens (tertiary/aromatic N) is 2. The van der Waals surface area contributed by atoms with Gasteiger partial charge in [0.15, 0.2) is 5.75 Å². The van der Waals surface area contributed by atoms with E-state index in [1.54, 1.807) is 0 Å². The van der Waals surface area contributed by atoms with Gasteiger partial charge < -0.3 is 20.5 Å². The highest BCUT2D eigenvalue weighted by Gasteiger charge is 2.23. The third kappa shape index (κ3) is 6.22. The molecule has 142 valence electrons. The van der Waals surface area contributed by atoms with Crippen LogP contribution in [0.15, 0.2) is 12.1 Å². The summed E-state index contributed by atoms with van der Waals surface area (Å²) in [6, 6.07) is 2.44. The molecular weight excluding hydrogens is 371 g/mol. The Labute approximate surface area is 158 Å². The molecule has 1 aliphatic rings. The van der Waals surface area contributed by atoms with E-state index in [0.29, 0.717) is 6.42 Å². The molecule has 1 aliphatic heterocycles. The van der Waals surface area contributed by atoms with Gasteiger partial charge in [-0.05, 0) is 38.4 Å². The Hall–Kier alpha value is -1.77. The Balaban J connectivity index is 0.00000288. The fraction of sp³-hybridized carbons (Fsp3) is 0.533. The largest absolute Gasteiger partial charge is 0.504 e. The molecule has 1 aromatic rings. The number of rotatable bonds is 7. The van der Waals surface area contributed by atoms with Crippen molar-refractivity contribution in [3.05, 3.63) is 27.8 Å². The third-order valence-corrected chi connectivity index (χ3v) is 3.91. The van der Waals surface area contributed by atoms with Crippen LogP contribution in [0.25, 0.3) is 0 Å². The zero-order valence-electron chi connectivity index (χ0n) is 13.8. The summed E-state index contributed by atoms with van der Waals surface area (Å²) >= 11 is 0. The van der Waals surface area contributed by atoms with E-state index >= 15 is 0 Å². The second kappa shape index (κ2) is 11.0. The second-order valence-electron chi connectivity index (χ2n) is 5.59. The van der Waals surface area contributed by atoms with Crippen molar-refractivity contribution >= 4 is 36.3 Å². The highest BCUT2D eigenvalue weighted by Crippen LogP contribution is 2.38. The number of nitrogens with one attached hydrogen (secondary N) is 1. The molecule has 1 aromatic carbocycles. The molecule has 0 saturated carbocycles. The molecule has 0 unspecified atom stereocenters. The number of phenols is 1. The maximum absolute atomic E-state index is 11.1. The summed E-state index contributed by atoms with van der Waals surface area (Å²) < 4.78 is 5.44. The first-order valence-corrected chi connectivity index (χ1v) is 7.70. The summed E-state index contributed by atoms with van der Waals surface area (Å²) in [5.74, 6) is -1.04. The number of halogens is 2.